The predicted molar refractivity (Wildman–Crippen MR) is 107 cm³/mol. The molecule has 7 nitrogen and oxygen atoms in total. The maximum absolute atomic E-state index is 11.9. The van der Waals surface area contributed by atoms with Crippen molar-refractivity contribution in [1.82, 2.24) is 10.6 Å². The Morgan fingerprint density at radius 1 is 0.852 bits per heavy atom. The summed E-state index contributed by atoms with van der Waals surface area (Å²) in [4.78, 5) is 23.1. The first kappa shape index (κ1) is 25.6. The molecular weight excluding hydrogens is 348 g/mol. The van der Waals surface area contributed by atoms with Gasteiger partial charge in [-0.25, -0.2) is 0 Å². The van der Waals surface area contributed by atoms with Crippen LogP contribution >= 0.6 is 0 Å². The molecule has 0 radical (unpaired) electrons. The van der Waals surface area contributed by atoms with E-state index in [0.717, 1.165) is 19.3 Å². The van der Waals surface area contributed by atoms with Gasteiger partial charge in [-0.05, 0) is 26.2 Å². The number of ether oxygens (including phenoxy) is 3. The van der Waals surface area contributed by atoms with Gasteiger partial charge in [-0.3, -0.25) is 9.59 Å². The van der Waals surface area contributed by atoms with Crippen LogP contribution in [0, 0.1) is 5.41 Å². The fraction of sp³-hybridized carbons (Fsp3) is 0.800. The SMILES string of the molecule is C=C(C)C(=O)NCCOCCCOCCCOCCNC(=O)C(C)(C)CC. The second-order valence-electron chi connectivity index (χ2n) is 7.07. The molecule has 0 rings (SSSR count). The number of hydrogen-bond acceptors (Lipinski definition) is 5. The molecule has 0 aliphatic carbocycles. The molecule has 0 aromatic carbocycles. The quantitative estimate of drug-likeness (QED) is 0.295. The topological polar surface area (TPSA) is 85.9 Å². The van der Waals surface area contributed by atoms with Crippen molar-refractivity contribution in [2.75, 3.05) is 52.7 Å². The average Bonchev–Trinajstić information content (AvgIpc) is 2.64. The third-order valence-corrected chi connectivity index (χ3v) is 4.10. The lowest BCUT2D eigenvalue weighted by Gasteiger charge is -2.21. The minimum absolute atomic E-state index is 0.0670. The highest BCUT2D eigenvalue weighted by Crippen LogP contribution is 2.18. The molecular formula is C20H38N2O5. The number of amides is 2. The predicted octanol–water partition coefficient (Wildman–Crippen LogP) is 2.06. The minimum atomic E-state index is -0.323. The largest absolute Gasteiger partial charge is 0.381 e. The summed E-state index contributed by atoms with van der Waals surface area (Å²) >= 11 is 0. The third-order valence-electron chi connectivity index (χ3n) is 4.10. The maximum atomic E-state index is 11.9. The molecule has 0 spiro atoms. The average molecular weight is 387 g/mol. The van der Waals surface area contributed by atoms with Gasteiger partial charge in [0.1, 0.15) is 0 Å². The summed E-state index contributed by atoms with van der Waals surface area (Å²) in [6.45, 7) is 15.6. The van der Waals surface area contributed by atoms with Crippen molar-refractivity contribution in [3.63, 3.8) is 0 Å². The van der Waals surface area contributed by atoms with Gasteiger partial charge in [0.25, 0.3) is 0 Å². The van der Waals surface area contributed by atoms with Crippen molar-refractivity contribution < 1.29 is 23.8 Å². The first-order chi connectivity index (χ1) is 12.8. The molecule has 158 valence electrons. The zero-order chi connectivity index (χ0) is 20.5. The molecule has 0 saturated carbocycles. The second-order valence-corrected chi connectivity index (χ2v) is 7.07. The second kappa shape index (κ2) is 15.6. The summed E-state index contributed by atoms with van der Waals surface area (Å²) in [5, 5.41) is 5.59. The van der Waals surface area contributed by atoms with E-state index in [-0.39, 0.29) is 17.2 Å². The van der Waals surface area contributed by atoms with Gasteiger partial charge in [0.05, 0.1) is 13.2 Å². The lowest BCUT2D eigenvalue weighted by molar-refractivity contribution is -0.129. The van der Waals surface area contributed by atoms with Crippen LogP contribution < -0.4 is 10.6 Å². The van der Waals surface area contributed by atoms with Gasteiger partial charge in [-0.15, -0.1) is 0 Å². The molecule has 0 aromatic rings. The Kier molecular flexibility index (Phi) is 14.8. The van der Waals surface area contributed by atoms with Gasteiger partial charge >= 0.3 is 0 Å². The van der Waals surface area contributed by atoms with Crippen LogP contribution in [0.25, 0.3) is 0 Å². The molecule has 7 heteroatoms. The summed E-state index contributed by atoms with van der Waals surface area (Å²) < 4.78 is 16.4. The van der Waals surface area contributed by atoms with Gasteiger partial charge in [0.15, 0.2) is 0 Å². The Hall–Kier alpha value is -1.44. The van der Waals surface area contributed by atoms with Crippen LogP contribution in [0.1, 0.15) is 47.0 Å². The first-order valence-electron chi connectivity index (χ1n) is 9.76. The number of carbonyl (C=O) groups excluding carboxylic acids is 2. The number of carbonyl (C=O) groups is 2. The van der Waals surface area contributed by atoms with Crippen LogP contribution in [0.2, 0.25) is 0 Å². The van der Waals surface area contributed by atoms with Gasteiger partial charge in [-0.1, -0.05) is 27.4 Å². The van der Waals surface area contributed by atoms with Crippen LogP contribution in [-0.2, 0) is 23.8 Å². The van der Waals surface area contributed by atoms with Crippen LogP contribution in [0.15, 0.2) is 12.2 Å². The highest BCUT2D eigenvalue weighted by molar-refractivity contribution is 5.92. The van der Waals surface area contributed by atoms with E-state index >= 15 is 0 Å². The molecule has 0 atom stereocenters. The molecule has 0 heterocycles. The Balaban J connectivity index is 3.27. The van der Waals surface area contributed by atoms with E-state index < -0.39 is 0 Å². The van der Waals surface area contributed by atoms with Crippen molar-refractivity contribution in [2.45, 2.75) is 47.0 Å². The van der Waals surface area contributed by atoms with Gasteiger partial charge < -0.3 is 24.8 Å². The Morgan fingerprint density at radius 3 is 1.74 bits per heavy atom. The summed E-state index contributed by atoms with van der Waals surface area (Å²) in [5.41, 5.74) is 0.174. The molecule has 0 bridgehead atoms. The lowest BCUT2D eigenvalue weighted by Crippen LogP contribution is -2.38. The highest BCUT2D eigenvalue weighted by Gasteiger charge is 2.24. The zero-order valence-electron chi connectivity index (χ0n) is 17.5. The first-order valence-corrected chi connectivity index (χ1v) is 9.76. The highest BCUT2D eigenvalue weighted by atomic mass is 16.5. The molecule has 2 N–H and O–H groups in total. The van der Waals surface area contributed by atoms with Crippen LogP contribution in [0.3, 0.4) is 0 Å². The normalized spacial score (nSPS) is 11.3. The zero-order valence-corrected chi connectivity index (χ0v) is 17.5. The molecule has 2 amide bonds. The molecule has 0 unspecified atom stereocenters. The van der Waals surface area contributed by atoms with Crippen LogP contribution in [0.4, 0.5) is 0 Å². The summed E-state index contributed by atoms with van der Waals surface area (Å²) in [5.74, 6) is -0.0753. The van der Waals surface area contributed by atoms with E-state index in [2.05, 4.69) is 17.2 Å². The van der Waals surface area contributed by atoms with E-state index in [9.17, 15) is 9.59 Å². The number of hydrogen-bond donors (Lipinski definition) is 2. The molecule has 0 aliphatic rings. The summed E-state index contributed by atoms with van der Waals surface area (Å²) in [7, 11) is 0. The monoisotopic (exact) mass is 386 g/mol. The number of rotatable bonds is 17. The molecule has 0 saturated heterocycles. The molecule has 0 fully saturated rings. The molecule has 27 heavy (non-hydrogen) atoms. The molecule has 0 aliphatic heterocycles. The third kappa shape index (κ3) is 14.3. The smallest absolute Gasteiger partial charge is 0.246 e. The van der Waals surface area contributed by atoms with Crippen molar-refractivity contribution in [1.29, 1.82) is 0 Å². The van der Waals surface area contributed by atoms with Gasteiger partial charge in [0.2, 0.25) is 11.8 Å². The summed E-state index contributed by atoms with van der Waals surface area (Å²) in [6, 6.07) is 0. The van der Waals surface area contributed by atoms with Gasteiger partial charge in [-0.2, -0.15) is 0 Å². The fourth-order valence-corrected chi connectivity index (χ4v) is 1.86. The van der Waals surface area contributed by atoms with Crippen molar-refractivity contribution >= 4 is 11.8 Å². The Labute approximate surface area is 164 Å². The van der Waals surface area contributed by atoms with Crippen molar-refractivity contribution in [2.24, 2.45) is 5.41 Å². The standard InChI is InChI=1S/C20H38N2O5/c1-6-20(4,5)19(24)22-10-16-27-14-8-12-25-11-7-13-26-15-9-21-18(23)17(2)3/h2,6-16H2,1,3-5H3,(H,21,23)(H,22,24). The molecule has 0 aromatic heterocycles. The lowest BCUT2D eigenvalue weighted by atomic mass is 9.89. The Bertz CT molecular complexity index is 438. The number of nitrogens with one attached hydrogen (secondary N) is 2. The van der Waals surface area contributed by atoms with Crippen LogP contribution in [-0.4, -0.2) is 64.5 Å². The van der Waals surface area contributed by atoms with E-state index in [1.165, 1.54) is 0 Å². The minimum Gasteiger partial charge on any atom is -0.381 e. The van der Waals surface area contributed by atoms with Crippen molar-refractivity contribution in [3.8, 4) is 0 Å². The van der Waals surface area contributed by atoms with E-state index in [0.29, 0.717) is 58.3 Å². The van der Waals surface area contributed by atoms with Crippen LogP contribution in [0.5, 0.6) is 0 Å². The maximum Gasteiger partial charge on any atom is 0.246 e. The Morgan fingerprint density at radius 2 is 1.30 bits per heavy atom. The van der Waals surface area contributed by atoms with Gasteiger partial charge in [0, 0.05) is 50.5 Å². The fourth-order valence-electron chi connectivity index (χ4n) is 1.86. The summed E-state index contributed by atoms with van der Waals surface area (Å²) in [6.07, 6.45) is 2.45. The van der Waals surface area contributed by atoms with Crippen molar-refractivity contribution in [3.05, 3.63) is 12.2 Å². The van der Waals surface area contributed by atoms with E-state index in [1.807, 2.05) is 20.8 Å². The van der Waals surface area contributed by atoms with E-state index in [4.69, 9.17) is 14.2 Å². The van der Waals surface area contributed by atoms with E-state index in [1.54, 1.807) is 6.92 Å².